The average molecular weight is 407 g/mol. The number of methoxy groups -OCH3 is 2. The summed E-state index contributed by atoms with van der Waals surface area (Å²) in [5, 5.41) is 0. The van der Waals surface area contributed by atoms with E-state index >= 15 is 0 Å². The summed E-state index contributed by atoms with van der Waals surface area (Å²) in [5.74, 6) is -2.03. The molecular formula is C20H25NO8. The second kappa shape index (κ2) is 9.40. The van der Waals surface area contributed by atoms with Gasteiger partial charge in [0.1, 0.15) is 12.7 Å². The Balaban J connectivity index is 2.33. The highest BCUT2D eigenvalue weighted by Gasteiger charge is 2.61. The molecule has 1 aromatic carbocycles. The van der Waals surface area contributed by atoms with E-state index in [4.69, 9.17) is 14.2 Å². The SMILES string of the molecule is COC(=O)O[C@H]1CN(C(=O)OCc2ccccc2)[C@](C(=O)OC)(C(=O)C(C)C)C1. The van der Waals surface area contributed by atoms with Crippen LogP contribution in [0.2, 0.25) is 0 Å². The lowest BCUT2D eigenvalue weighted by molar-refractivity contribution is -0.159. The third-order valence-corrected chi connectivity index (χ3v) is 4.68. The fraction of sp³-hybridized carbons (Fsp3) is 0.500. The first kappa shape index (κ1) is 22.2. The van der Waals surface area contributed by atoms with Gasteiger partial charge in [-0.15, -0.1) is 0 Å². The zero-order valence-electron chi connectivity index (χ0n) is 16.9. The van der Waals surface area contributed by atoms with Crippen molar-refractivity contribution in [2.75, 3.05) is 20.8 Å². The predicted octanol–water partition coefficient (Wildman–Crippen LogP) is 2.32. The standard InChI is InChI=1S/C20H25NO8/c1-13(2)16(22)20(17(23)26-3)10-15(29-19(25)27-4)11-21(20)18(24)28-12-14-8-6-5-7-9-14/h5-9,13,15H,10-12H2,1-4H3/t15-,20+/m1/s1. The molecule has 2 atom stereocenters. The molecule has 1 fully saturated rings. The van der Waals surface area contributed by atoms with Crippen LogP contribution in [0.25, 0.3) is 0 Å². The highest BCUT2D eigenvalue weighted by atomic mass is 16.7. The molecule has 0 spiro atoms. The quantitative estimate of drug-likeness (QED) is 0.402. The highest BCUT2D eigenvalue weighted by molar-refractivity contribution is 6.11. The van der Waals surface area contributed by atoms with E-state index in [2.05, 4.69) is 4.74 Å². The van der Waals surface area contributed by atoms with Crippen molar-refractivity contribution in [3.63, 3.8) is 0 Å². The predicted molar refractivity (Wildman–Crippen MR) is 99.8 cm³/mol. The van der Waals surface area contributed by atoms with Crippen LogP contribution in [0.15, 0.2) is 30.3 Å². The number of hydrogen-bond donors (Lipinski definition) is 0. The van der Waals surface area contributed by atoms with Crippen molar-refractivity contribution < 1.29 is 38.1 Å². The molecule has 158 valence electrons. The Morgan fingerprint density at radius 1 is 1.10 bits per heavy atom. The summed E-state index contributed by atoms with van der Waals surface area (Å²) in [6.07, 6.45) is -3.05. The van der Waals surface area contributed by atoms with Crippen LogP contribution in [-0.2, 0) is 35.1 Å². The molecule has 0 radical (unpaired) electrons. The fourth-order valence-corrected chi connectivity index (χ4v) is 3.33. The third kappa shape index (κ3) is 4.67. The molecule has 0 aromatic heterocycles. The van der Waals surface area contributed by atoms with Crippen LogP contribution in [0.1, 0.15) is 25.8 Å². The first-order valence-corrected chi connectivity index (χ1v) is 9.11. The van der Waals surface area contributed by atoms with Gasteiger partial charge in [0.05, 0.1) is 20.8 Å². The molecule has 0 unspecified atom stereocenters. The Morgan fingerprint density at radius 2 is 1.76 bits per heavy atom. The monoisotopic (exact) mass is 407 g/mol. The van der Waals surface area contributed by atoms with Crippen molar-refractivity contribution in [2.24, 2.45) is 5.92 Å². The van der Waals surface area contributed by atoms with Gasteiger partial charge in [-0.25, -0.2) is 14.4 Å². The number of Topliss-reactive ketones (excluding diaryl/α,β-unsaturated/α-hetero) is 1. The summed E-state index contributed by atoms with van der Waals surface area (Å²) >= 11 is 0. The second-order valence-electron chi connectivity index (χ2n) is 6.92. The van der Waals surface area contributed by atoms with E-state index in [1.54, 1.807) is 38.1 Å². The zero-order valence-corrected chi connectivity index (χ0v) is 16.9. The topological polar surface area (TPSA) is 108 Å². The van der Waals surface area contributed by atoms with Gasteiger partial charge in [-0.1, -0.05) is 44.2 Å². The van der Waals surface area contributed by atoms with Crippen molar-refractivity contribution in [1.82, 2.24) is 4.90 Å². The fourth-order valence-electron chi connectivity index (χ4n) is 3.33. The van der Waals surface area contributed by atoms with Crippen molar-refractivity contribution in [2.45, 2.75) is 38.5 Å². The van der Waals surface area contributed by atoms with Crippen molar-refractivity contribution in [3.8, 4) is 0 Å². The van der Waals surface area contributed by atoms with Gasteiger partial charge in [0, 0.05) is 12.3 Å². The number of benzene rings is 1. The number of rotatable bonds is 6. The van der Waals surface area contributed by atoms with Crippen LogP contribution in [0, 0.1) is 5.92 Å². The number of hydrogen-bond acceptors (Lipinski definition) is 8. The number of ketones is 1. The lowest BCUT2D eigenvalue weighted by Crippen LogP contribution is -2.60. The normalized spacial score (nSPS) is 20.9. The minimum atomic E-state index is -1.95. The van der Waals surface area contributed by atoms with Gasteiger partial charge in [-0.05, 0) is 5.56 Å². The summed E-state index contributed by atoms with van der Waals surface area (Å²) in [5.41, 5.74) is -1.21. The van der Waals surface area contributed by atoms with E-state index in [1.165, 1.54) is 0 Å². The Morgan fingerprint density at radius 3 is 2.31 bits per heavy atom. The smallest absolute Gasteiger partial charge is 0.467 e. The van der Waals surface area contributed by atoms with Gasteiger partial charge in [-0.2, -0.15) is 0 Å². The van der Waals surface area contributed by atoms with E-state index in [0.29, 0.717) is 0 Å². The molecule has 1 saturated heterocycles. The number of esters is 1. The van der Waals surface area contributed by atoms with Crippen LogP contribution in [-0.4, -0.2) is 61.3 Å². The molecule has 2 rings (SSSR count). The lowest BCUT2D eigenvalue weighted by Gasteiger charge is -2.34. The van der Waals surface area contributed by atoms with Crippen LogP contribution < -0.4 is 0 Å². The van der Waals surface area contributed by atoms with Gasteiger partial charge >= 0.3 is 18.2 Å². The summed E-state index contributed by atoms with van der Waals surface area (Å²) in [7, 11) is 2.26. The van der Waals surface area contributed by atoms with E-state index < -0.39 is 41.6 Å². The van der Waals surface area contributed by atoms with Gasteiger partial charge < -0.3 is 18.9 Å². The molecule has 1 amide bonds. The van der Waals surface area contributed by atoms with Gasteiger partial charge in [0.15, 0.2) is 5.78 Å². The summed E-state index contributed by atoms with van der Waals surface area (Å²) in [6.45, 7) is 2.95. The van der Waals surface area contributed by atoms with Gasteiger partial charge in [0.25, 0.3) is 0 Å². The molecule has 0 saturated carbocycles. The Labute approximate surface area is 168 Å². The highest BCUT2D eigenvalue weighted by Crippen LogP contribution is 2.36. The Bertz CT molecular complexity index is 763. The number of likely N-dealkylation sites (tertiary alicyclic amines) is 1. The summed E-state index contributed by atoms with van der Waals surface area (Å²) in [6, 6.07) is 8.95. The lowest BCUT2D eigenvalue weighted by atomic mass is 9.84. The molecule has 0 aliphatic carbocycles. The van der Waals surface area contributed by atoms with Gasteiger partial charge in [-0.3, -0.25) is 9.69 Å². The largest absolute Gasteiger partial charge is 0.508 e. The number of amides is 1. The van der Waals surface area contributed by atoms with Crippen LogP contribution in [0.5, 0.6) is 0 Å². The number of carbonyl (C=O) groups is 4. The van der Waals surface area contributed by atoms with Crippen molar-refractivity contribution in [1.29, 1.82) is 0 Å². The number of ether oxygens (including phenoxy) is 4. The average Bonchev–Trinajstić information content (AvgIpc) is 3.11. The number of nitrogens with zero attached hydrogens (tertiary/aromatic N) is 1. The van der Waals surface area contributed by atoms with E-state index in [0.717, 1.165) is 24.7 Å². The van der Waals surface area contributed by atoms with Gasteiger partial charge in [0.2, 0.25) is 5.54 Å². The molecule has 1 aromatic rings. The first-order chi connectivity index (χ1) is 13.8. The molecule has 9 heteroatoms. The summed E-state index contributed by atoms with van der Waals surface area (Å²) in [4.78, 5) is 51.1. The molecule has 9 nitrogen and oxygen atoms in total. The van der Waals surface area contributed by atoms with E-state index in [1.807, 2.05) is 6.07 Å². The third-order valence-electron chi connectivity index (χ3n) is 4.68. The van der Waals surface area contributed by atoms with Crippen LogP contribution in [0.4, 0.5) is 9.59 Å². The molecule has 29 heavy (non-hydrogen) atoms. The Kier molecular flexibility index (Phi) is 7.19. The van der Waals surface area contributed by atoms with Crippen LogP contribution in [0.3, 0.4) is 0 Å². The molecule has 1 aliphatic rings. The summed E-state index contributed by atoms with van der Waals surface area (Å²) < 4.78 is 19.8. The maximum atomic E-state index is 13.0. The Hall–Kier alpha value is -3.10. The van der Waals surface area contributed by atoms with Crippen molar-refractivity contribution >= 4 is 24.0 Å². The van der Waals surface area contributed by atoms with Crippen molar-refractivity contribution in [3.05, 3.63) is 35.9 Å². The van der Waals surface area contributed by atoms with E-state index in [-0.39, 0.29) is 19.6 Å². The molecule has 1 heterocycles. The zero-order chi connectivity index (χ0) is 21.6. The molecular weight excluding hydrogens is 382 g/mol. The second-order valence-corrected chi connectivity index (χ2v) is 6.92. The first-order valence-electron chi connectivity index (χ1n) is 9.11. The maximum Gasteiger partial charge on any atom is 0.508 e. The minimum absolute atomic E-state index is 0.0498. The van der Waals surface area contributed by atoms with E-state index in [9.17, 15) is 19.2 Å². The number of carbonyl (C=O) groups excluding carboxylic acids is 4. The van der Waals surface area contributed by atoms with Crippen LogP contribution >= 0.6 is 0 Å². The molecule has 0 bridgehead atoms. The maximum absolute atomic E-state index is 13.0. The minimum Gasteiger partial charge on any atom is -0.467 e. The molecule has 0 N–H and O–H groups in total. The molecule has 1 aliphatic heterocycles.